The number of benzene rings is 1. The molecule has 1 fully saturated rings. The lowest BCUT2D eigenvalue weighted by Gasteiger charge is -2.24. The Morgan fingerprint density at radius 2 is 2.20 bits per heavy atom. The number of amides is 1. The quantitative estimate of drug-likeness (QED) is 0.869. The Labute approximate surface area is 148 Å². The zero-order valence-electron chi connectivity index (χ0n) is 14.7. The van der Waals surface area contributed by atoms with E-state index in [4.69, 9.17) is 4.74 Å². The maximum absolute atomic E-state index is 12.7. The minimum Gasteiger partial charge on any atom is -0.392 e. The highest BCUT2D eigenvalue weighted by Gasteiger charge is 2.37. The first kappa shape index (κ1) is 17.6. The summed E-state index contributed by atoms with van der Waals surface area (Å²) < 4.78 is 7.70. The van der Waals surface area contributed by atoms with E-state index in [-0.39, 0.29) is 17.9 Å². The molecule has 0 radical (unpaired) electrons. The molecule has 3 atom stereocenters. The molecule has 2 aromatic rings. The van der Waals surface area contributed by atoms with Crippen LogP contribution in [0.5, 0.6) is 0 Å². The van der Waals surface area contributed by atoms with Crippen molar-refractivity contribution in [2.45, 2.75) is 32.1 Å². The number of aliphatic hydroxyl groups is 1. The second-order valence-electron chi connectivity index (χ2n) is 6.71. The van der Waals surface area contributed by atoms with E-state index < -0.39 is 6.10 Å². The number of ether oxygens (including phenoxy) is 1. The summed E-state index contributed by atoms with van der Waals surface area (Å²) >= 11 is 0. The van der Waals surface area contributed by atoms with Crippen LogP contribution in [-0.2, 0) is 16.1 Å². The summed E-state index contributed by atoms with van der Waals surface area (Å²) in [7, 11) is 1.73. The molecule has 1 amide bonds. The summed E-state index contributed by atoms with van der Waals surface area (Å²) in [6, 6.07) is 10.1. The average molecular weight is 343 g/mol. The van der Waals surface area contributed by atoms with Crippen molar-refractivity contribution in [2.75, 3.05) is 20.2 Å². The number of aliphatic hydroxyl groups excluding tert-OH is 1. The predicted molar refractivity (Wildman–Crippen MR) is 93.9 cm³/mol. The van der Waals surface area contributed by atoms with Gasteiger partial charge >= 0.3 is 0 Å². The first-order valence-corrected chi connectivity index (χ1v) is 8.65. The Balaban J connectivity index is 1.69. The van der Waals surface area contributed by atoms with E-state index in [1.165, 1.54) is 5.56 Å². The van der Waals surface area contributed by atoms with E-state index in [0.717, 1.165) is 5.56 Å². The highest BCUT2D eigenvalue weighted by Crippen LogP contribution is 2.35. The molecule has 6 nitrogen and oxygen atoms in total. The molecule has 1 aromatic heterocycles. The van der Waals surface area contributed by atoms with Crippen molar-refractivity contribution in [1.29, 1.82) is 0 Å². The van der Waals surface area contributed by atoms with Gasteiger partial charge in [-0.25, -0.2) is 0 Å². The fourth-order valence-corrected chi connectivity index (χ4v) is 3.32. The Bertz CT molecular complexity index is 699. The normalized spacial score (nSPS) is 21.2. The summed E-state index contributed by atoms with van der Waals surface area (Å²) in [6.45, 7) is 3.26. The molecule has 0 aliphatic carbocycles. The topological polar surface area (TPSA) is 67.6 Å². The molecule has 6 heteroatoms. The van der Waals surface area contributed by atoms with E-state index in [1.807, 2.05) is 29.1 Å². The standard InChI is InChI=1S/C19H25N3O3/c1-14(23)11-21(2)19(24)17-8-9-25-18(17)16-10-20-22(13-16)12-15-6-4-3-5-7-15/h3-7,10,13-14,17-18,23H,8-9,11-12H2,1-2H3/t14?,17-,18+/m0/s1. The molecule has 1 N–H and O–H groups in total. The molecule has 1 aromatic carbocycles. The predicted octanol–water partition coefficient (Wildman–Crippen LogP) is 1.85. The fourth-order valence-electron chi connectivity index (χ4n) is 3.32. The lowest BCUT2D eigenvalue weighted by molar-refractivity contribution is -0.137. The molecule has 25 heavy (non-hydrogen) atoms. The van der Waals surface area contributed by atoms with Crippen LogP contribution in [0.3, 0.4) is 0 Å². The number of carbonyl (C=O) groups is 1. The number of carbonyl (C=O) groups excluding carboxylic acids is 1. The number of nitrogens with zero attached hydrogens (tertiary/aromatic N) is 3. The summed E-state index contributed by atoms with van der Waals surface area (Å²) in [6.07, 6.45) is 3.63. The van der Waals surface area contributed by atoms with E-state index in [0.29, 0.717) is 26.1 Å². The van der Waals surface area contributed by atoms with Gasteiger partial charge in [0.2, 0.25) is 5.91 Å². The van der Waals surface area contributed by atoms with Crippen molar-refractivity contribution >= 4 is 5.91 Å². The second kappa shape index (κ2) is 7.80. The molecular formula is C19H25N3O3. The molecule has 0 saturated carbocycles. The van der Waals surface area contributed by atoms with Crippen LogP contribution in [0.4, 0.5) is 0 Å². The van der Waals surface area contributed by atoms with Crippen molar-refractivity contribution in [2.24, 2.45) is 5.92 Å². The lowest BCUT2D eigenvalue weighted by atomic mass is 9.96. The highest BCUT2D eigenvalue weighted by atomic mass is 16.5. The third kappa shape index (κ3) is 4.27. The number of likely N-dealkylation sites (N-methyl/N-ethyl adjacent to an activating group) is 1. The van der Waals surface area contributed by atoms with Gasteiger partial charge in [-0.15, -0.1) is 0 Å². The van der Waals surface area contributed by atoms with Crippen LogP contribution in [0.2, 0.25) is 0 Å². The second-order valence-corrected chi connectivity index (χ2v) is 6.71. The molecule has 1 saturated heterocycles. The van der Waals surface area contributed by atoms with Gasteiger partial charge in [0, 0.05) is 32.0 Å². The number of hydrogen-bond donors (Lipinski definition) is 1. The van der Waals surface area contributed by atoms with Gasteiger partial charge in [0.25, 0.3) is 0 Å². The van der Waals surface area contributed by atoms with Gasteiger partial charge in [-0.3, -0.25) is 9.48 Å². The van der Waals surface area contributed by atoms with Crippen molar-refractivity contribution in [3.8, 4) is 0 Å². The van der Waals surface area contributed by atoms with Crippen molar-refractivity contribution in [3.63, 3.8) is 0 Å². The van der Waals surface area contributed by atoms with Gasteiger partial charge in [-0.05, 0) is 18.9 Å². The molecule has 134 valence electrons. The summed E-state index contributed by atoms with van der Waals surface area (Å²) in [4.78, 5) is 14.3. The van der Waals surface area contributed by atoms with Gasteiger partial charge in [0.05, 0.1) is 30.9 Å². The SMILES string of the molecule is CC(O)CN(C)C(=O)[C@H]1CCO[C@@H]1c1cnn(Cc2ccccc2)c1. The maximum Gasteiger partial charge on any atom is 0.228 e. The number of aromatic nitrogens is 2. The Morgan fingerprint density at radius 1 is 1.44 bits per heavy atom. The van der Waals surface area contributed by atoms with Crippen LogP contribution in [-0.4, -0.2) is 52.0 Å². The summed E-state index contributed by atoms with van der Waals surface area (Å²) in [5, 5.41) is 13.9. The van der Waals surface area contributed by atoms with E-state index in [2.05, 4.69) is 17.2 Å². The van der Waals surface area contributed by atoms with Gasteiger partial charge in [0.1, 0.15) is 0 Å². The molecule has 1 aliphatic rings. The minimum absolute atomic E-state index is 0.0132. The van der Waals surface area contributed by atoms with Crippen LogP contribution in [0.25, 0.3) is 0 Å². The van der Waals surface area contributed by atoms with Gasteiger partial charge in [-0.1, -0.05) is 30.3 Å². The molecule has 0 spiro atoms. The molecule has 3 rings (SSSR count). The van der Waals surface area contributed by atoms with Crippen molar-refractivity contribution in [3.05, 3.63) is 53.9 Å². The highest BCUT2D eigenvalue weighted by molar-refractivity contribution is 5.79. The van der Waals surface area contributed by atoms with Crippen LogP contribution in [0, 0.1) is 5.92 Å². The summed E-state index contributed by atoms with van der Waals surface area (Å²) in [5.41, 5.74) is 2.10. The summed E-state index contributed by atoms with van der Waals surface area (Å²) in [5.74, 6) is -0.211. The largest absolute Gasteiger partial charge is 0.392 e. The van der Waals surface area contributed by atoms with Crippen LogP contribution < -0.4 is 0 Å². The monoisotopic (exact) mass is 343 g/mol. The van der Waals surface area contributed by atoms with Crippen LogP contribution >= 0.6 is 0 Å². The minimum atomic E-state index is -0.539. The van der Waals surface area contributed by atoms with Gasteiger partial charge < -0.3 is 14.7 Å². The van der Waals surface area contributed by atoms with Crippen molar-refractivity contribution < 1.29 is 14.6 Å². The smallest absolute Gasteiger partial charge is 0.228 e. The zero-order valence-corrected chi connectivity index (χ0v) is 14.7. The van der Waals surface area contributed by atoms with Gasteiger partial charge in [-0.2, -0.15) is 5.10 Å². The zero-order chi connectivity index (χ0) is 17.8. The Morgan fingerprint density at radius 3 is 2.92 bits per heavy atom. The third-order valence-electron chi connectivity index (χ3n) is 4.49. The third-order valence-corrected chi connectivity index (χ3v) is 4.49. The fraction of sp³-hybridized carbons (Fsp3) is 0.474. The first-order valence-electron chi connectivity index (χ1n) is 8.65. The molecule has 0 bridgehead atoms. The maximum atomic E-state index is 12.7. The molecule has 2 heterocycles. The lowest BCUT2D eigenvalue weighted by Crippen LogP contribution is -2.38. The van der Waals surface area contributed by atoms with Crippen molar-refractivity contribution in [1.82, 2.24) is 14.7 Å². The van der Waals surface area contributed by atoms with Crippen LogP contribution in [0.1, 0.15) is 30.6 Å². The van der Waals surface area contributed by atoms with Gasteiger partial charge in [0.15, 0.2) is 0 Å². The van der Waals surface area contributed by atoms with E-state index in [9.17, 15) is 9.90 Å². The molecule has 1 aliphatic heterocycles. The first-order chi connectivity index (χ1) is 12.0. The Hall–Kier alpha value is -2.18. The Kier molecular flexibility index (Phi) is 5.50. The van der Waals surface area contributed by atoms with Crippen LogP contribution in [0.15, 0.2) is 42.7 Å². The molecule has 1 unspecified atom stereocenters. The van der Waals surface area contributed by atoms with E-state index in [1.54, 1.807) is 25.1 Å². The molecular weight excluding hydrogens is 318 g/mol. The number of rotatable bonds is 6. The average Bonchev–Trinajstić information content (AvgIpc) is 3.23. The number of hydrogen-bond acceptors (Lipinski definition) is 4. The van der Waals surface area contributed by atoms with E-state index >= 15 is 0 Å².